The molecule has 1 aliphatic heterocycles. The van der Waals surface area contributed by atoms with Crippen LogP contribution in [0, 0.1) is 5.92 Å². The minimum atomic E-state index is 0.0215. The first-order valence-corrected chi connectivity index (χ1v) is 9.33. The molecule has 2 aliphatic rings. The highest BCUT2D eigenvalue weighted by Crippen LogP contribution is 2.25. The van der Waals surface area contributed by atoms with Gasteiger partial charge in [-0.3, -0.25) is 9.59 Å². The minimum absolute atomic E-state index is 0.0215. The van der Waals surface area contributed by atoms with Gasteiger partial charge in [0.15, 0.2) is 0 Å². The first-order valence-electron chi connectivity index (χ1n) is 8.95. The zero-order valence-corrected chi connectivity index (χ0v) is 14.8. The van der Waals surface area contributed by atoms with E-state index >= 15 is 0 Å². The molecule has 5 nitrogen and oxygen atoms in total. The van der Waals surface area contributed by atoms with E-state index in [-0.39, 0.29) is 11.8 Å². The van der Waals surface area contributed by atoms with Gasteiger partial charge in [-0.2, -0.15) is 0 Å². The zero-order chi connectivity index (χ0) is 17.4. The monoisotopic (exact) mass is 359 g/mol. The van der Waals surface area contributed by atoms with Crippen molar-refractivity contribution in [3.63, 3.8) is 0 Å². The molecule has 1 aromatic heterocycles. The Morgan fingerprint density at radius 2 is 1.92 bits per heavy atom. The largest absolute Gasteiger partial charge is 0.353 e. The van der Waals surface area contributed by atoms with Crippen LogP contribution in [0.25, 0.3) is 10.9 Å². The molecule has 0 bridgehead atoms. The van der Waals surface area contributed by atoms with Crippen molar-refractivity contribution < 1.29 is 9.59 Å². The van der Waals surface area contributed by atoms with Gasteiger partial charge in [0.05, 0.1) is 0 Å². The molecule has 0 spiro atoms. The molecule has 2 aromatic rings. The van der Waals surface area contributed by atoms with Crippen LogP contribution in [-0.2, 0) is 4.79 Å². The van der Waals surface area contributed by atoms with Crippen molar-refractivity contribution in [2.75, 3.05) is 13.1 Å². The van der Waals surface area contributed by atoms with Crippen molar-refractivity contribution in [1.82, 2.24) is 15.2 Å². The number of halogens is 1. The number of aromatic nitrogens is 1. The molecule has 4 rings (SSSR count). The Hall–Kier alpha value is -2.01. The molecule has 0 unspecified atom stereocenters. The van der Waals surface area contributed by atoms with E-state index < -0.39 is 0 Å². The van der Waals surface area contributed by atoms with Crippen LogP contribution < -0.4 is 5.32 Å². The fourth-order valence-electron chi connectivity index (χ4n) is 3.51. The second-order valence-corrected chi connectivity index (χ2v) is 7.63. The fraction of sp³-hybridized carbons (Fsp3) is 0.474. The maximum absolute atomic E-state index is 12.7. The van der Waals surface area contributed by atoms with Crippen LogP contribution in [0.2, 0.25) is 5.02 Å². The molecule has 1 saturated carbocycles. The highest BCUT2D eigenvalue weighted by atomic mass is 35.5. The number of piperidine rings is 1. The van der Waals surface area contributed by atoms with E-state index in [4.69, 9.17) is 11.6 Å². The van der Waals surface area contributed by atoms with Crippen molar-refractivity contribution in [3.8, 4) is 0 Å². The van der Waals surface area contributed by atoms with Gasteiger partial charge in [-0.05, 0) is 55.9 Å². The molecule has 6 heteroatoms. The molecule has 1 aromatic carbocycles. The van der Waals surface area contributed by atoms with E-state index in [1.807, 2.05) is 29.2 Å². The van der Waals surface area contributed by atoms with Gasteiger partial charge in [0.1, 0.15) is 5.69 Å². The molecule has 2 N–H and O–H groups in total. The average molecular weight is 360 g/mol. The van der Waals surface area contributed by atoms with Crippen molar-refractivity contribution >= 4 is 34.3 Å². The van der Waals surface area contributed by atoms with Crippen molar-refractivity contribution in [3.05, 3.63) is 35.0 Å². The van der Waals surface area contributed by atoms with Gasteiger partial charge in [0.2, 0.25) is 5.91 Å². The molecule has 25 heavy (non-hydrogen) atoms. The summed E-state index contributed by atoms with van der Waals surface area (Å²) in [6.45, 7) is 1.41. The lowest BCUT2D eigenvalue weighted by molar-refractivity contribution is -0.122. The number of rotatable bonds is 4. The van der Waals surface area contributed by atoms with Gasteiger partial charge in [-0.1, -0.05) is 11.6 Å². The van der Waals surface area contributed by atoms with Crippen LogP contribution in [0.1, 0.15) is 42.6 Å². The van der Waals surface area contributed by atoms with E-state index in [1.54, 1.807) is 0 Å². The Labute approximate surface area is 151 Å². The lowest BCUT2D eigenvalue weighted by Gasteiger charge is -2.31. The second kappa shape index (κ2) is 6.71. The maximum atomic E-state index is 12.7. The van der Waals surface area contributed by atoms with E-state index in [2.05, 4.69) is 10.3 Å². The number of aromatic amines is 1. The van der Waals surface area contributed by atoms with E-state index in [1.165, 1.54) is 0 Å². The van der Waals surface area contributed by atoms with Gasteiger partial charge in [0.25, 0.3) is 5.91 Å². The third-order valence-corrected chi connectivity index (χ3v) is 5.37. The average Bonchev–Trinajstić information content (AvgIpc) is 3.30. The number of amides is 2. The fourth-order valence-corrected chi connectivity index (χ4v) is 3.69. The van der Waals surface area contributed by atoms with Crippen LogP contribution in [0.5, 0.6) is 0 Å². The standard InChI is InChI=1S/C19H22ClN3O2/c20-14-1-4-16-13(10-14)11-17(22-16)19(25)23-7-5-12(6-8-23)9-18(24)21-15-2-3-15/h1,4,10-12,15,22H,2-3,5-9H2,(H,21,24). The van der Waals surface area contributed by atoms with E-state index in [9.17, 15) is 9.59 Å². The van der Waals surface area contributed by atoms with Crippen molar-refractivity contribution in [2.45, 2.75) is 38.1 Å². The highest BCUT2D eigenvalue weighted by Gasteiger charge is 2.28. The predicted molar refractivity (Wildman–Crippen MR) is 97.7 cm³/mol. The summed E-state index contributed by atoms with van der Waals surface area (Å²) >= 11 is 6.01. The van der Waals surface area contributed by atoms with Crippen LogP contribution in [0.4, 0.5) is 0 Å². The smallest absolute Gasteiger partial charge is 0.270 e. The Bertz CT molecular complexity index is 804. The summed E-state index contributed by atoms with van der Waals surface area (Å²) in [5.41, 5.74) is 1.52. The Kier molecular flexibility index (Phi) is 4.42. The molecular weight excluding hydrogens is 338 g/mol. The van der Waals surface area contributed by atoms with Gasteiger partial charge in [0, 0.05) is 41.5 Å². The summed E-state index contributed by atoms with van der Waals surface area (Å²) in [6.07, 6.45) is 4.60. The number of nitrogens with zero attached hydrogens (tertiary/aromatic N) is 1. The number of nitrogens with one attached hydrogen (secondary N) is 2. The Morgan fingerprint density at radius 3 is 2.64 bits per heavy atom. The molecule has 1 saturated heterocycles. The highest BCUT2D eigenvalue weighted by molar-refractivity contribution is 6.31. The first-order chi connectivity index (χ1) is 12.1. The number of benzene rings is 1. The topological polar surface area (TPSA) is 65.2 Å². The summed E-state index contributed by atoms with van der Waals surface area (Å²) in [6, 6.07) is 7.84. The van der Waals surface area contributed by atoms with E-state index in [0.29, 0.717) is 42.2 Å². The number of H-pyrrole nitrogens is 1. The number of carbonyl (C=O) groups excluding carboxylic acids is 2. The van der Waals surface area contributed by atoms with Gasteiger partial charge < -0.3 is 15.2 Å². The minimum Gasteiger partial charge on any atom is -0.353 e. The molecule has 2 fully saturated rings. The number of hydrogen-bond donors (Lipinski definition) is 2. The Morgan fingerprint density at radius 1 is 1.16 bits per heavy atom. The summed E-state index contributed by atoms with van der Waals surface area (Å²) in [7, 11) is 0. The van der Waals surface area contributed by atoms with Crippen LogP contribution in [-0.4, -0.2) is 40.8 Å². The van der Waals surface area contributed by atoms with Gasteiger partial charge in [-0.15, -0.1) is 0 Å². The molecular formula is C19H22ClN3O2. The lowest BCUT2D eigenvalue weighted by Crippen LogP contribution is -2.40. The van der Waals surface area contributed by atoms with Crippen molar-refractivity contribution in [1.29, 1.82) is 0 Å². The summed E-state index contributed by atoms with van der Waals surface area (Å²) in [4.78, 5) is 29.7. The first kappa shape index (κ1) is 16.5. The molecule has 1 aliphatic carbocycles. The molecule has 132 valence electrons. The van der Waals surface area contributed by atoms with Crippen LogP contribution in [0.15, 0.2) is 24.3 Å². The van der Waals surface area contributed by atoms with Crippen LogP contribution >= 0.6 is 11.6 Å². The third-order valence-electron chi connectivity index (χ3n) is 5.13. The number of likely N-dealkylation sites (tertiary alicyclic amines) is 1. The third kappa shape index (κ3) is 3.82. The second-order valence-electron chi connectivity index (χ2n) is 7.20. The van der Waals surface area contributed by atoms with Crippen molar-refractivity contribution in [2.24, 2.45) is 5.92 Å². The number of carbonyl (C=O) groups is 2. The molecule has 0 atom stereocenters. The summed E-state index contributed by atoms with van der Waals surface area (Å²) < 4.78 is 0. The Balaban J connectivity index is 1.34. The summed E-state index contributed by atoms with van der Waals surface area (Å²) in [5.74, 6) is 0.567. The van der Waals surface area contributed by atoms with Crippen LogP contribution in [0.3, 0.4) is 0 Å². The SMILES string of the molecule is O=C(CC1CCN(C(=O)c2cc3cc(Cl)ccc3[nH]2)CC1)NC1CC1. The van der Waals surface area contributed by atoms with Gasteiger partial charge in [-0.25, -0.2) is 0 Å². The lowest BCUT2D eigenvalue weighted by atomic mass is 9.93. The number of fused-ring (bicyclic) bond motifs is 1. The van der Waals surface area contributed by atoms with Gasteiger partial charge >= 0.3 is 0 Å². The maximum Gasteiger partial charge on any atom is 0.270 e. The molecule has 0 radical (unpaired) electrons. The number of hydrogen-bond acceptors (Lipinski definition) is 2. The molecule has 2 heterocycles. The quantitative estimate of drug-likeness (QED) is 0.879. The predicted octanol–water partition coefficient (Wildman–Crippen LogP) is 3.34. The van der Waals surface area contributed by atoms with E-state index in [0.717, 1.165) is 36.6 Å². The zero-order valence-electron chi connectivity index (χ0n) is 14.1. The summed E-state index contributed by atoms with van der Waals surface area (Å²) in [5, 5.41) is 4.65. The normalized spacial score (nSPS) is 18.5. The molecule has 2 amide bonds.